The van der Waals surface area contributed by atoms with Crippen LogP contribution in [0.5, 0.6) is 0 Å². The summed E-state index contributed by atoms with van der Waals surface area (Å²) in [6, 6.07) is 1.88. The van der Waals surface area contributed by atoms with Crippen molar-refractivity contribution in [3.63, 3.8) is 0 Å². The molecule has 1 aromatic rings. The molecule has 0 spiro atoms. The molecular formula is C11H18N4O. The minimum atomic E-state index is -0.529. The summed E-state index contributed by atoms with van der Waals surface area (Å²) in [6.07, 6.45) is 2.87. The molecule has 0 unspecified atom stereocenters. The van der Waals surface area contributed by atoms with Gasteiger partial charge in [-0.05, 0) is 26.2 Å². The summed E-state index contributed by atoms with van der Waals surface area (Å²) in [5.41, 5.74) is 0.376. The van der Waals surface area contributed by atoms with E-state index in [4.69, 9.17) is 0 Å². The van der Waals surface area contributed by atoms with Gasteiger partial charge in [0.15, 0.2) is 0 Å². The number of nitrogens with zero attached hydrogens (tertiary/aromatic N) is 2. The summed E-state index contributed by atoms with van der Waals surface area (Å²) in [6.45, 7) is 2.48. The molecule has 0 bridgehead atoms. The first-order chi connectivity index (χ1) is 7.61. The Balaban J connectivity index is 2.00. The van der Waals surface area contributed by atoms with E-state index >= 15 is 0 Å². The van der Waals surface area contributed by atoms with E-state index in [1.54, 1.807) is 7.05 Å². The minimum absolute atomic E-state index is 0.529. The number of aryl methyl sites for hydroxylation is 1. The third kappa shape index (κ3) is 2.41. The molecule has 16 heavy (non-hydrogen) atoms. The molecule has 5 heteroatoms. The molecule has 1 aliphatic carbocycles. The van der Waals surface area contributed by atoms with Gasteiger partial charge in [0.05, 0.1) is 5.60 Å². The van der Waals surface area contributed by atoms with Gasteiger partial charge in [0.1, 0.15) is 5.82 Å². The van der Waals surface area contributed by atoms with Gasteiger partial charge >= 0.3 is 0 Å². The van der Waals surface area contributed by atoms with Crippen molar-refractivity contribution in [3.05, 3.63) is 11.8 Å². The highest BCUT2D eigenvalue weighted by Crippen LogP contribution is 2.31. The molecule has 0 atom stereocenters. The van der Waals surface area contributed by atoms with Gasteiger partial charge in [-0.1, -0.05) is 0 Å². The summed E-state index contributed by atoms with van der Waals surface area (Å²) in [4.78, 5) is 8.48. The summed E-state index contributed by atoms with van der Waals surface area (Å²) >= 11 is 0. The van der Waals surface area contributed by atoms with E-state index in [1.807, 2.05) is 13.0 Å². The first-order valence-electron chi connectivity index (χ1n) is 5.61. The highest BCUT2D eigenvalue weighted by Gasteiger charge is 2.34. The quantitative estimate of drug-likeness (QED) is 0.713. The summed E-state index contributed by atoms with van der Waals surface area (Å²) < 4.78 is 0. The number of aromatic nitrogens is 2. The fraction of sp³-hybridized carbons (Fsp3) is 0.636. The van der Waals surface area contributed by atoms with Crippen molar-refractivity contribution in [1.82, 2.24) is 9.97 Å². The zero-order chi connectivity index (χ0) is 11.6. The Bertz CT molecular complexity index is 376. The van der Waals surface area contributed by atoms with Gasteiger partial charge in [-0.3, -0.25) is 0 Å². The lowest BCUT2D eigenvalue weighted by molar-refractivity contribution is -0.0202. The number of anilines is 2. The van der Waals surface area contributed by atoms with Crippen LogP contribution in [-0.4, -0.2) is 34.3 Å². The third-order valence-corrected chi connectivity index (χ3v) is 2.96. The molecule has 0 saturated heterocycles. The molecule has 1 aromatic heterocycles. The molecule has 1 saturated carbocycles. The van der Waals surface area contributed by atoms with Crippen LogP contribution < -0.4 is 10.6 Å². The van der Waals surface area contributed by atoms with Gasteiger partial charge in [0.25, 0.3) is 0 Å². The molecule has 3 N–H and O–H groups in total. The van der Waals surface area contributed by atoms with Crippen LogP contribution in [0, 0.1) is 6.92 Å². The van der Waals surface area contributed by atoms with Crippen LogP contribution in [-0.2, 0) is 0 Å². The third-order valence-electron chi connectivity index (χ3n) is 2.96. The minimum Gasteiger partial charge on any atom is -0.388 e. The smallest absolute Gasteiger partial charge is 0.224 e. The van der Waals surface area contributed by atoms with Gasteiger partial charge in [0.2, 0.25) is 5.95 Å². The van der Waals surface area contributed by atoms with Crippen molar-refractivity contribution in [2.75, 3.05) is 24.2 Å². The van der Waals surface area contributed by atoms with Crippen LogP contribution in [0.4, 0.5) is 11.8 Å². The van der Waals surface area contributed by atoms with Crippen LogP contribution in [0.2, 0.25) is 0 Å². The second kappa shape index (κ2) is 4.25. The van der Waals surface area contributed by atoms with E-state index in [9.17, 15) is 5.11 Å². The lowest BCUT2D eigenvalue weighted by atomic mass is 9.80. The number of hydrogen-bond donors (Lipinski definition) is 3. The number of nitrogens with one attached hydrogen (secondary N) is 2. The first-order valence-corrected chi connectivity index (χ1v) is 5.61. The van der Waals surface area contributed by atoms with Crippen molar-refractivity contribution in [2.24, 2.45) is 0 Å². The van der Waals surface area contributed by atoms with Crippen molar-refractivity contribution in [1.29, 1.82) is 0 Å². The van der Waals surface area contributed by atoms with E-state index in [1.165, 1.54) is 0 Å². The van der Waals surface area contributed by atoms with Crippen molar-refractivity contribution >= 4 is 11.8 Å². The van der Waals surface area contributed by atoms with Gasteiger partial charge in [-0.2, -0.15) is 4.98 Å². The Morgan fingerprint density at radius 2 is 2.19 bits per heavy atom. The van der Waals surface area contributed by atoms with Crippen LogP contribution in [0.3, 0.4) is 0 Å². The molecule has 5 nitrogen and oxygen atoms in total. The van der Waals surface area contributed by atoms with Crippen molar-refractivity contribution in [2.45, 2.75) is 31.8 Å². The normalized spacial score (nSPS) is 17.7. The van der Waals surface area contributed by atoms with Gasteiger partial charge < -0.3 is 15.7 Å². The SMILES string of the molecule is CNc1nc(C)cc(NCC2(O)CCC2)n1. The molecule has 2 rings (SSSR count). The zero-order valence-corrected chi connectivity index (χ0v) is 9.75. The number of rotatable bonds is 4. The highest BCUT2D eigenvalue weighted by atomic mass is 16.3. The largest absolute Gasteiger partial charge is 0.388 e. The van der Waals surface area contributed by atoms with E-state index in [0.717, 1.165) is 30.8 Å². The maximum atomic E-state index is 9.95. The van der Waals surface area contributed by atoms with Crippen molar-refractivity contribution in [3.8, 4) is 0 Å². The zero-order valence-electron chi connectivity index (χ0n) is 9.75. The maximum absolute atomic E-state index is 9.95. The first kappa shape index (κ1) is 11.1. The summed E-state index contributed by atoms with van der Waals surface area (Å²) in [7, 11) is 1.79. The van der Waals surface area contributed by atoms with Crippen LogP contribution in [0.1, 0.15) is 25.0 Å². The lowest BCUT2D eigenvalue weighted by Gasteiger charge is -2.36. The van der Waals surface area contributed by atoms with Gasteiger partial charge in [-0.15, -0.1) is 0 Å². The average Bonchev–Trinajstić information content (AvgIpc) is 2.23. The fourth-order valence-corrected chi connectivity index (χ4v) is 1.79. The predicted octanol–water partition coefficient (Wildman–Crippen LogP) is 1.15. The van der Waals surface area contributed by atoms with E-state index in [-0.39, 0.29) is 0 Å². The number of hydrogen-bond acceptors (Lipinski definition) is 5. The number of aliphatic hydroxyl groups is 1. The second-order valence-electron chi connectivity index (χ2n) is 4.40. The standard InChI is InChI=1S/C11H18N4O/c1-8-6-9(15-10(12-2)14-8)13-7-11(16)4-3-5-11/h6,16H,3-5,7H2,1-2H3,(H2,12,13,14,15). The highest BCUT2D eigenvalue weighted by molar-refractivity contribution is 5.42. The summed E-state index contributed by atoms with van der Waals surface area (Å²) in [5.74, 6) is 1.36. The van der Waals surface area contributed by atoms with Crippen molar-refractivity contribution < 1.29 is 5.11 Å². The lowest BCUT2D eigenvalue weighted by Crippen LogP contribution is -2.43. The van der Waals surface area contributed by atoms with E-state index < -0.39 is 5.60 Å². The Hall–Kier alpha value is -1.36. The Morgan fingerprint density at radius 3 is 2.75 bits per heavy atom. The van der Waals surface area contributed by atoms with Gasteiger partial charge in [0, 0.05) is 25.4 Å². The van der Waals surface area contributed by atoms with Crippen LogP contribution >= 0.6 is 0 Å². The Kier molecular flexibility index (Phi) is 2.96. The van der Waals surface area contributed by atoms with E-state index in [2.05, 4.69) is 20.6 Å². The Morgan fingerprint density at radius 1 is 1.44 bits per heavy atom. The van der Waals surface area contributed by atoms with Crippen LogP contribution in [0.15, 0.2) is 6.07 Å². The van der Waals surface area contributed by atoms with E-state index in [0.29, 0.717) is 12.5 Å². The molecule has 0 aromatic carbocycles. The topological polar surface area (TPSA) is 70.1 Å². The molecule has 0 aliphatic heterocycles. The molecular weight excluding hydrogens is 204 g/mol. The van der Waals surface area contributed by atoms with Gasteiger partial charge in [-0.25, -0.2) is 4.98 Å². The monoisotopic (exact) mass is 222 g/mol. The maximum Gasteiger partial charge on any atom is 0.224 e. The molecule has 1 heterocycles. The average molecular weight is 222 g/mol. The molecule has 0 amide bonds. The second-order valence-corrected chi connectivity index (χ2v) is 4.40. The molecule has 1 aliphatic rings. The summed E-state index contributed by atoms with van der Waals surface area (Å²) in [5, 5.41) is 16.0. The Labute approximate surface area is 95.3 Å². The molecule has 88 valence electrons. The van der Waals surface area contributed by atoms with Crippen LogP contribution in [0.25, 0.3) is 0 Å². The molecule has 1 fully saturated rings. The predicted molar refractivity (Wildman–Crippen MR) is 63.6 cm³/mol. The fourth-order valence-electron chi connectivity index (χ4n) is 1.79. The molecule has 0 radical (unpaired) electrons.